The molecule has 3 aromatic heterocycles. The molecule has 0 bridgehead atoms. The number of hydrogen-bond acceptors (Lipinski definition) is 6. The number of nitrogens with one attached hydrogen (secondary N) is 1. The molecule has 5 aromatic rings. The zero-order valence-electron chi connectivity index (χ0n) is 21.3. The van der Waals surface area contributed by atoms with Gasteiger partial charge in [-0.3, -0.25) is 14.3 Å². The molecule has 1 amide bonds. The van der Waals surface area contributed by atoms with Crippen molar-refractivity contribution in [1.29, 1.82) is 0 Å². The van der Waals surface area contributed by atoms with Gasteiger partial charge >= 0.3 is 0 Å². The highest BCUT2D eigenvalue weighted by Gasteiger charge is 2.17. The number of methoxy groups -OCH3 is 1. The topological polar surface area (TPSA) is 117 Å². The molecule has 5 rings (SSSR count). The van der Waals surface area contributed by atoms with Crippen molar-refractivity contribution in [3.63, 3.8) is 0 Å². The lowest BCUT2D eigenvalue weighted by molar-refractivity contribution is 0.102. The minimum Gasteiger partial charge on any atom is -0.491 e. The van der Waals surface area contributed by atoms with Gasteiger partial charge in [0.1, 0.15) is 17.2 Å². The van der Waals surface area contributed by atoms with Crippen LogP contribution in [0, 0.1) is 5.82 Å². The number of amides is 1. The number of aromatic nitrogens is 4. The summed E-state index contributed by atoms with van der Waals surface area (Å²) in [5.74, 6) is -0.532. The molecular formula is C29H25FN6O3. The molecule has 0 unspecified atom stereocenters. The number of anilines is 2. The summed E-state index contributed by atoms with van der Waals surface area (Å²) < 4.78 is 21.8. The van der Waals surface area contributed by atoms with Gasteiger partial charge in [0.25, 0.3) is 5.91 Å². The molecule has 196 valence electrons. The van der Waals surface area contributed by atoms with Crippen LogP contribution in [0.2, 0.25) is 0 Å². The molecule has 0 radical (unpaired) electrons. The van der Waals surface area contributed by atoms with Crippen LogP contribution < -0.4 is 21.2 Å². The van der Waals surface area contributed by atoms with Gasteiger partial charge in [-0.15, -0.1) is 0 Å². The molecule has 0 aliphatic heterocycles. The number of benzene rings is 2. The van der Waals surface area contributed by atoms with Crippen molar-refractivity contribution < 1.29 is 13.9 Å². The summed E-state index contributed by atoms with van der Waals surface area (Å²) in [4.78, 5) is 30.3. The number of nitrogens with zero attached hydrogens (tertiary/aromatic N) is 4. The van der Waals surface area contributed by atoms with Gasteiger partial charge in [-0.25, -0.2) is 9.37 Å². The van der Waals surface area contributed by atoms with Gasteiger partial charge in [0.05, 0.1) is 19.5 Å². The van der Waals surface area contributed by atoms with E-state index in [0.29, 0.717) is 18.1 Å². The third kappa shape index (κ3) is 5.54. The molecular weight excluding hydrogens is 499 g/mol. The van der Waals surface area contributed by atoms with Crippen LogP contribution in [0.3, 0.4) is 0 Å². The van der Waals surface area contributed by atoms with E-state index < -0.39 is 11.3 Å². The smallest absolute Gasteiger partial charge is 0.261 e. The third-order valence-corrected chi connectivity index (χ3v) is 6.20. The zero-order chi connectivity index (χ0) is 27.5. The molecule has 3 N–H and O–H groups in total. The van der Waals surface area contributed by atoms with Crippen molar-refractivity contribution in [3.8, 4) is 28.0 Å². The van der Waals surface area contributed by atoms with Gasteiger partial charge in [0, 0.05) is 54.6 Å². The lowest BCUT2D eigenvalue weighted by atomic mass is 10.0. The van der Waals surface area contributed by atoms with E-state index in [1.54, 1.807) is 45.9 Å². The third-order valence-electron chi connectivity index (χ3n) is 6.20. The number of ether oxygens (including phenoxy) is 1. The number of nitrogens with two attached hydrogens (primary N) is 1. The molecule has 0 aliphatic carbocycles. The van der Waals surface area contributed by atoms with Crippen molar-refractivity contribution in [2.45, 2.75) is 6.54 Å². The molecule has 39 heavy (non-hydrogen) atoms. The summed E-state index contributed by atoms with van der Waals surface area (Å²) >= 11 is 0. The predicted octanol–water partition coefficient (Wildman–Crippen LogP) is 4.34. The number of hydrogen-bond donors (Lipinski definition) is 2. The van der Waals surface area contributed by atoms with E-state index in [9.17, 15) is 14.0 Å². The number of carbonyl (C=O) groups is 1. The maximum absolute atomic E-state index is 13.3. The summed E-state index contributed by atoms with van der Waals surface area (Å²) in [6.07, 6.45) is 8.30. The molecule has 10 heteroatoms. The lowest BCUT2D eigenvalue weighted by Crippen LogP contribution is -2.24. The van der Waals surface area contributed by atoms with E-state index in [0.717, 1.165) is 27.8 Å². The van der Waals surface area contributed by atoms with Crippen LogP contribution in [0.25, 0.3) is 22.3 Å². The van der Waals surface area contributed by atoms with Crippen molar-refractivity contribution in [2.24, 2.45) is 7.05 Å². The average molecular weight is 525 g/mol. The fraction of sp³-hybridized carbons (Fsp3) is 0.103. The first kappa shape index (κ1) is 25.4. The Labute approximate surface area is 223 Å². The highest BCUT2D eigenvalue weighted by atomic mass is 19.1. The molecule has 0 saturated heterocycles. The fourth-order valence-corrected chi connectivity index (χ4v) is 4.17. The molecule has 0 aliphatic rings. The molecule has 2 aromatic carbocycles. The SMILES string of the molecule is COc1cn(Cc2ccc(F)cc2)cc(C(=O)Nc2ccc(-c3cc(-c4cnn(C)c4)cnc3N)cc2)c1=O. The standard InChI is InChI=1S/C29H25FN6O3/c1-35-15-21(13-33-35)20-11-24(28(31)32-12-20)19-5-9-23(10-6-19)34-29(38)25-16-36(17-26(39-2)27(25)37)14-18-3-7-22(30)8-4-18/h3-13,15-17H,14H2,1-2H3,(H2,31,32)(H,34,38). The van der Waals surface area contributed by atoms with Crippen molar-refractivity contribution >= 4 is 17.4 Å². The van der Waals surface area contributed by atoms with Gasteiger partial charge in [-0.1, -0.05) is 24.3 Å². The molecule has 0 fully saturated rings. The normalized spacial score (nSPS) is 10.8. The Kier molecular flexibility index (Phi) is 6.92. The minimum absolute atomic E-state index is 0.0246. The second kappa shape index (κ2) is 10.6. The van der Waals surface area contributed by atoms with Crippen LogP contribution in [0.15, 0.2) is 90.4 Å². The quantitative estimate of drug-likeness (QED) is 0.327. The van der Waals surface area contributed by atoms with E-state index in [1.165, 1.54) is 31.6 Å². The van der Waals surface area contributed by atoms with Gasteiger partial charge in [-0.05, 0) is 41.5 Å². The maximum atomic E-state index is 13.3. The van der Waals surface area contributed by atoms with Crippen LogP contribution in [0.1, 0.15) is 15.9 Å². The van der Waals surface area contributed by atoms with Crippen molar-refractivity contribution in [3.05, 3.63) is 113 Å². The number of nitrogen functional groups attached to an aromatic ring is 1. The predicted molar refractivity (Wildman–Crippen MR) is 147 cm³/mol. The number of rotatable bonds is 7. The summed E-state index contributed by atoms with van der Waals surface area (Å²) in [5, 5.41) is 6.97. The van der Waals surface area contributed by atoms with Crippen LogP contribution in [0.4, 0.5) is 15.9 Å². The Morgan fingerprint density at radius 2 is 1.74 bits per heavy atom. The van der Waals surface area contributed by atoms with E-state index in [2.05, 4.69) is 15.4 Å². The number of halogens is 1. The van der Waals surface area contributed by atoms with Gasteiger partial charge in [-0.2, -0.15) is 5.10 Å². The van der Waals surface area contributed by atoms with E-state index in [-0.39, 0.29) is 17.1 Å². The van der Waals surface area contributed by atoms with Crippen molar-refractivity contribution in [2.75, 3.05) is 18.2 Å². The van der Waals surface area contributed by atoms with Gasteiger partial charge in [0.2, 0.25) is 5.43 Å². The fourth-order valence-electron chi connectivity index (χ4n) is 4.17. The molecule has 0 atom stereocenters. The average Bonchev–Trinajstić information content (AvgIpc) is 3.37. The first-order chi connectivity index (χ1) is 18.8. The number of pyridine rings is 2. The highest BCUT2D eigenvalue weighted by molar-refractivity contribution is 6.04. The first-order valence-electron chi connectivity index (χ1n) is 12.0. The summed E-state index contributed by atoms with van der Waals surface area (Å²) in [6, 6.07) is 15.0. The second-order valence-electron chi connectivity index (χ2n) is 8.96. The van der Waals surface area contributed by atoms with Crippen LogP contribution in [-0.2, 0) is 13.6 Å². The summed E-state index contributed by atoms with van der Waals surface area (Å²) in [6.45, 7) is 0.319. The molecule has 3 heterocycles. The van der Waals surface area contributed by atoms with Crippen molar-refractivity contribution in [1.82, 2.24) is 19.3 Å². The van der Waals surface area contributed by atoms with E-state index in [1.807, 2.05) is 31.4 Å². The first-order valence-corrected chi connectivity index (χ1v) is 12.0. The van der Waals surface area contributed by atoms with Crippen LogP contribution in [0.5, 0.6) is 5.75 Å². The molecule has 0 spiro atoms. The monoisotopic (exact) mass is 524 g/mol. The highest BCUT2D eigenvalue weighted by Crippen LogP contribution is 2.30. The Balaban J connectivity index is 1.37. The maximum Gasteiger partial charge on any atom is 0.261 e. The van der Waals surface area contributed by atoms with Gasteiger partial charge in [0.15, 0.2) is 5.75 Å². The van der Waals surface area contributed by atoms with Crippen LogP contribution >= 0.6 is 0 Å². The summed E-state index contributed by atoms with van der Waals surface area (Å²) in [5.41, 5.74) is 10.2. The molecule has 9 nitrogen and oxygen atoms in total. The minimum atomic E-state index is -0.584. The Hall–Kier alpha value is -5.25. The van der Waals surface area contributed by atoms with E-state index >= 15 is 0 Å². The number of aryl methyl sites for hydroxylation is 1. The Bertz CT molecular complexity index is 1710. The summed E-state index contributed by atoms with van der Waals surface area (Å²) in [7, 11) is 3.21. The van der Waals surface area contributed by atoms with Crippen LogP contribution in [-0.4, -0.2) is 32.3 Å². The Morgan fingerprint density at radius 3 is 2.41 bits per heavy atom. The largest absolute Gasteiger partial charge is 0.491 e. The Morgan fingerprint density at radius 1 is 1.00 bits per heavy atom. The van der Waals surface area contributed by atoms with Gasteiger partial charge < -0.3 is 20.4 Å². The zero-order valence-corrected chi connectivity index (χ0v) is 21.3. The second-order valence-corrected chi connectivity index (χ2v) is 8.96. The van der Waals surface area contributed by atoms with E-state index in [4.69, 9.17) is 10.5 Å². The lowest BCUT2D eigenvalue weighted by Gasteiger charge is -2.13. The molecule has 0 saturated carbocycles. The number of carbonyl (C=O) groups excluding carboxylic acids is 1.